The Morgan fingerprint density at radius 1 is 0.339 bits per heavy atom. The van der Waals surface area contributed by atoms with Crippen LogP contribution < -0.4 is 0 Å². The molecule has 0 radical (unpaired) electrons. The first-order valence-electron chi connectivity index (χ1n) is 26.4. The third-order valence-corrected chi connectivity index (χ3v) is 11.4. The molecule has 6 nitrogen and oxygen atoms in total. The van der Waals surface area contributed by atoms with E-state index in [1.54, 1.807) is 0 Å². The average molecular weight is 867 g/mol. The molecule has 0 bridgehead atoms. The lowest BCUT2D eigenvalue weighted by atomic mass is 10.0. The summed E-state index contributed by atoms with van der Waals surface area (Å²) in [6.45, 7) is 6.47. The molecule has 0 saturated heterocycles. The summed E-state index contributed by atoms with van der Waals surface area (Å²) in [5, 5.41) is 0. The molecule has 0 amide bonds. The Morgan fingerprint density at radius 2 is 0.629 bits per heavy atom. The second kappa shape index (κ2) is 50.8. The van der Waals surface area contributed by atoms with E-state index in [0.29, 0.717) is 19.3 Å². The summed E-state index contributed by atoms with van der Waals surface area (Å²) in [7, 11) is 0. The van der Waals surface area contributed by atoms with Crippen molar-refractivity contribution >= 4 is 17.9 Å². The van der Waals surface area contributed by atoms with E-state index in [1.165, 1.54) is 148 Å². The number of carbonyl (C=O) groups excluding carboxylic acids is 3. The molecule has 0 rings (SSSR count). The second-order valence-electron chi connectivity index (χ2n) is 17.5. The summed E-state index contributed by atoms with van der Waals surface area (Å²) in [6, 6.07) is 0. The van der Waals surface area contributed by atoms with E-state index in [9.17, 15) is 14.4 Å². The molecule has 0 heterocycles. The maximum Gasteiger partial charge on any atom is 0.306 e. The Bertz CT molecular complexity index is 1130. The average Bonchev–Trinajstić information content (AvgIpc) is 3.27. The fourth-order valence-electron chi connectivity index (χ4n) is 7.46. The smallest absolute Gasteiger partial charge is 0.306 e. The predicted octanol–water partition coefficient (Wildman–Crippen LogP) is 17.3. The lowest BCUT2D eigenvalue weighted by molar-refractivity contribution is -0.167. The summed E-state index contributed by atoms with van der Waals surface area (Å²) < 4.78 is 16.8. The van der Waals surface area contributed by atoms with Crippen molar-refractivity contribution in [3.05, 3.63) is 60.8 Å². The van der Waals surface area contributed by atoms with E-state index in [2.05, 4.69) is 32.9 Å². The van der Waals surface area contributed by atoms with Crippen LogP contribution >= 0.6 is 0 Å². The van der Waals surface area contributed by atoms with Gasteiger partial charge in [0.1, 0.15) is 13.2 Å². The van der Waals surface area contributed by atoms with Crippen LogP contribution in [0.15, 0.2) is 60.8 Å². The summed E-state index contributed by atoms with van der Waals surface area (Å²) in [6.07, 6.45) is 62.1. The lowest BCUT2D eigenvalue weighted by Gasteiger charge is -2.18. The predicted molar refractivity (Wildman–Crippen MR) is 265 cm³/mol. The van der Waals surface area contributed by atoms with Crippen molar-refractivity contribution in [2.75, 3.05) is 13.2 Å². The van der Waals surface area contributed by atoms with Gasteiger partial charge in [0.2, 0.25) is 0 Å². The summed E-state index contributed by atoms with van der Waals surface area (Å²) in [4.78, 5) is 37.9. The number of unbranched alkanes of at least 4 members (excludes halogenated alkanes) is 30. The van der Waals surface area contributed by atoms with Crippen molar-refractivity contribution in [2.45, 2.75) is 264 Å². The minimum Gasteiger partial charge on any atom is -0.462 e. The first kappa shape index (κ1) is 59.1. The molecular formula is C56H98O6. The zero-order valence-electron chi connectivity index (χ0n) is 40.9. The van der Waals surface area contributed by atoms with E-state index in [4.69, 9.17) is 14.2 Å². The number of hydrogen-bond acceptors (Lipinski definition) is 6. The van der Waals surface area contributed by atoms with Crippen LogP contribution in [0.1, 0.15) is 258 Å². The monoisotopic (exact) mass is 867 g/mol. The van der Waals surface area contributed by atoms with E-state index in [1.807, 2.05) is 48.6 Å². The van der Waals surface area contributed by atoms with Gasteiger partial charge in [0.15, 0.2) is 6.10 Å². The van der Waals surface area contributed by atoms with Gasteiger partial charge in [-0.25, -0.2) is 0 Å². The zero-order chi connectivity index (χ0) is 45.1. The van der Waals surface area contributed by atoms with E-state index >= 15 is 0 Å². The normalized spacial score (nSPS) is 12.5. The molecule has 1 atom stereocenters. The highest BCUT2D eigenvalue weighted by Gasteiger charge is 2.19. The van der Waals surface area contributed by atoms with Crippen LogP contribution in [0.2, 0.25) is 0 Å². The first-order chi connectivity index (χ1) is 30.5. The van der Waals surface area contributed by atoms with Gasteiger partial charge in [-0.3, -0.25) is 14.4 Å². The highest BCUT2D eigenvalue weighted by molar-refractivity contribution is 5.71. The summed E-state index contributed by atoms with van der Waals surface area (Å²) in [5.74, 6) is -0.923. The molecule has 0 aromatic carbocycles. The van der Waals surface area contributed by atoms with Gasteiger partial charge in [-0.15, -0.1) is 0 Å². The second-order valence-corrected chi connectivity index (χ2v) is 17.5. The summed E-state index contributed by atoms with van der Waals surface area (Å²) >= 11 is 0. The van der Waals surface area contributed by atoms with Gasteiger partial charge in [0.05, 0.1) is 0 Å². The fraction of sp³-hybridized carbons (Fsp3) is 0.768. The summed E-state index contributed by atoms with van der Waals surface area (Å²) in [5.41, 5.74) is 0. The molecule has 0 fully saturated rings. The quantitative estimate of drug-likeness (QED) is 0.0262. The van der Waals surface area contributed by atoms with Crippen molar-refractivity contribution in [1.82, 2.24) is 0 Å². The Kier molecular flexibility index (Phi) is 48.4. The van der Waals surface area contributed by atoms with Crippen LogP contribution in [0.4, 0.5) is 0 Å². The minimum atomic E-state index is -0.792. The van der Waals surface area contributed by atoms with Gasteiger partial charge in [0, 0.05) is 19.3 Å². The number of hydrogen-bond donors (Lipinski definition) is 0. The molecule has 0 aliphatic heterocycles. The number of allylic oxidation sites excluding steroid dienone is 10. The van der Waals surface area contributed by atoms with Crippen LogP contribution in [0.5, 0.6) is 0 Å². The molecule has 1 unspecified atom stereocenters. The fourth-order valence-corrected chi connectivity index (χ4v) is 7.46. The van der Waals surface area contributed by atoms with Crippen LogP contribution in [-0.4, -0.2) is 37.2 Å². The zero-order valence-corrected chi connectivity index (χ0v) is 40.9. The van der Waals surface area contributed by atoms with Crippen molar-refractivity contribution in [3.63, 3.8) is 0 Å². The van der Waals surface area contributed by atoms with Gasteiger partial charge >= 0.3 is 17.9 Å². The third-order valence-electron chi connectivity index (χ3n) is 11.4. The Morgan fingerprint density at radius 3 is 0.984 bits per heavy atom. The topological polar surface area (TPSA) is 78.9 Å². The molecule has 6 heteroatoms. The number of carbonyl (C=O) groups is 3. The van der Waals surface area contributed by atoms with Crippen LogP contribution in [0, 0.1) is 0 Å². The Hall–Kier alpha value is -2.89. The molecule has 0 aliphatic rings. The van der Waals surface area contributed by atoms with E-state index < -0.39 is 6.10 Å². The number of rotatable bonds is 47. The molecule has 0 aromatic rings. The van der Waals surface area contributed by atoms with E-state index in [0.717, 1.165) is 64.2 Å². The number of ether oxygens (including phenoxy) is 3. The molecule has 358 valence electrons. The largest absolute Gasteiger partial charge is 0.462 e. The van der Waals surface area contributed by atoms with Gasteiger partial charge < -0.3 is 14.2 Å². The lowest BCUT2D eigenvalue weighted by Crippen LogP contribution is -2.30. The van der Waals surface area contributed by atoms with Gasteiger partial charge in [0.25, 0.3) is 0 Å². The van der Waals surface area contributed by atoms with Crippen LogP contribution in [0.3, 0.4) is 0 Å². The van der Waals surface area contributed by atoms with Gasteiger partial charge in [-0.1, -0.05) is 261 Å². The molecule has 62 heavy (non-hydrogen) atoms. The van der Waals surface area contributed by atoms with Crippen molar-refractivity contribution in [1.29, 1.82) is 0 Å². The number of esters is 3. The molecular weight excluding hydrogens is 769 g/mol. The third kappa shape index (κ3) is 48.1. The molecule has 0 aromatic heterocycles. The van der Waals surface area contributed by atoms with Gasteiger partial charge in [-0.05, 0) is 38.5 Å². The minimum absolute atomic E-state index is 0.0883. The van der Waals surface area contributed by atoms with Gasteiger partial charge in [-0.2, -0.15) is 0 Å². The first-order valence-corrected chi connectivity index (χ1v) is 26.4. The van der Waals surface area contributed by atoms with Crippen molar-refractivity contribution in [2.24, 2.45) is 0 Å². The SMILES string of the molecule is CC\C=C/C=C\C=C/C=C\C=C/CCCCCC(=O)OC(COC(=O)CCCCCCCCCCCCC)COC(=O)CCCCCCCCCCCCCCCCCCCC. The van der Waals surface area contributed by atoms with Crippen molar-refractivity contribution < 1.29 is 28.6 Å². The Labute approximate surface area is 383 Å². The molecule has 0 N–H and O–H groups in total. The molecule has 0 saturated carbocycles. The van der Waals surface area contributed by atoms with Crippen LogP contribution in [0.25, 0.3) is 0 Å². The Balaban J connectivity index is 4.38. The van der Waals surface area contributed by atoms with Crippen LogP contribution in [-0.2, 0) is 28.6 Å². The molecule has 0 spiro atoms. The maximum atomic E-state index is 12.8. The van der Waals surface area contributed by atoms with Crippen molar-refractivity contribution in [3.8, 4) is 0 Å². The maximum absolute atomic E-state index is 12.8. The molecule has 0 aliphatic carbocycles. The standard InChI is InChI=1S/C56H98O6/c1-4-7-10-13-16-19-22-24-26-27-28-30-31-34-37-40-43-46-49-55(58)61-52-53(51-60-54(57)48-45-42-39-36-33-21-18-15-12-9-6-3)62-56(59)50-47-44-41-38-35-32-29-25-23-20-17-14-11-8-5-2/h8,11,14,17,20,23,25,29,32,35,53H,4-7,9-10,12-13,15-16,18-19,21-22,24,26-28,30-31,33-34,36-52H2,1-3H3/b11-8-,17-14-,23-20-,29-25-,35-32-. The van der Waals surface area contributed by atoms with E-state index in [-0.39, 0.29) is 37.5 Å². The highest BCUT2D eigenvalue weighted by atomic mass is 16.6. The highest BCUT2D eigenvalue weighted by Crippen LogP contribution is 2.16.